The molecule has 0 heterocycles. The van der Waals surface area contributed by atoms with Crippen LogP contribution in [0.4, 0.5) is 10.5 Å². The zero-order chi connectivity index (χ0) is 14.3. The lowest BCUT2D eigenvalue weighted by Crippen LogP contribution is -2.44. The second-order valence-corrected chi connectivity index (χ2v) is 3.75. The Hall–Kier alpha value is -2.44. The van der Waals surface area contributed by atoms with E-state index in [2.05, 4.69) is 15.6 Å². The van der Waals surface area contributed by atoms with Crippen molar-refractivity contribution < 1.29 is 9.53 Å². The molecule has 0 saturated carbocycles. The maximum atomic E-state index is 11.2. The number of guanidine groups is 1. The fourth-order valence-electron chi connectivity index (χ4n) is 1.35. The summed E-state index contributed by atoms with van der Waals surface area (Å²) in [5.41, 5.74) is 11.8. The quantitative estimate of drug-likeness (QED) is 0.363. The summed E-state index contributed by atoms with van der Waals surface area (Å²) in [5, 5.41) is 4.92. The van der Waals surface area contributed by atoms with Crippen molar-refractivity contribution in [2.45, 2.75) is 20.1 Å². The first-order chi connectivity index (χ1) is 9.02. The predicted molar refractivity (Wildman–Crippen MR) is 74.8 cm³/mol. The zero-order valence-corrected chi connectivity index (χ0v) is 11.0. The summed E-state index contributed by atoms with van der Waals surface area (Å²) in [4.78, 5) is 15.2. The highest BCUT2D eigenvalue weighted by Crippen LogP contribution is 2.21. The van der Waals surface area contributed by atoms with E-state index in [0.717, 1.165) is 0 Å². The Morgan fingerprint density at radius 2 is 2.16 bits per heavy atom. The molecule has 0 radical (unpaired) electrons. The number of nitrogens with one attached hydrogen (secondary N) is 2. The minimum atomic E-state index is -0.563. The largest absolute Gasteiger partial charge is 0.467 e. The van der Waals surface area contributed by atoms with Crippen LogP contribution >= 0.6 is 0 Å². The van der Waals surface area contributed by atoms with Gasteiger partial charge < -0.3 is 21.5 Å². The molecule has 0 aliphatic rings. The van der Waals surface area contributed by atoms with Gasteiger partial charge in [-0.3, -0.25) is 5.32 Å². The van der Waals surface area contributed by atoms with Gasteiger partial charge in [0.2, 0.25) is 0 Å². The van der Waals surface area contributed by atoms with Gasteiger partial charge in [0.25, 0.3) is 0 Å². The van der Waals surface area contributed by atoms with Crippen LogP contribution in [0, 0.1) is 0 Å². The monoisotopic (exact) mass is 265 g/mol. The van der Waals surface area contributed by atoms with Gasteiger partial charge in [-0.2, -0.15) is 0 Å². The van der Waals surface area contributed by atoms with Crippen molar-refractivity contribution in [3.05, 3.63) is 24.3 Å². The second-order valence-electron chi connectivity index (χ2n) is 3.75. The summed E-state index contributed by atoms with van der Waals surface area (Å²) >= 11 is 0. The third kappa shape index (κ3) is 5.15. The van der Waals surface area contributed by atoms with Gasteiger partial charge >= 0.3 is 6.03 Å². The maximum absolute atomic E-state index is 11.2. The zero-order valence-electron chi connectivity index (χ0n) is 11.0. The first-order valence-electron chi connectivity index (χ1n) is 5.92. The minimum Gasteiger partial charge on any atom is -0.467 e. The summed E-state index contributed by atoms with van der Waals surface area (Å²) in [6, 6.07) is 6.66. The average Bonchev–Trinajstić information content (AvgIpc) is 2.31. The lowest BCUT2D eigenvalue weighted by molar-refractivity contribution is 0.232. The van der Waals surface area contributed by atoms with Crippen molar-refractivity contribution in [2.24, 2.45) is 10.7 Å². The van der Waals surface area contributed by atoms with Crippen molar-refractivity contribution in [1.82, 2.24) is 10.6 Å². The van der Waals surface area contributed by atoms with Crippen LogP contribution in [-0.4, -0.2) is 24.8 Å². The number of nitrogens with zero attached hydrogens (tertiary/aromatic N) is 1. The van der Waals surface area contributed by atoms with Crippen LogP contribution in [0.1, 0.15) is 13.8 Å². The molecule has 1 unspecified atom stereocenters. The molecule has 6 N–H and O–H groups in total. The number of benzene rings is 1. The fourth-order valence-corrected chi connectivity index (χ4v) is 1.35. The summed E-state index contributed by atoms with van der Waals surface area (Å²) in [7, 11) is 0. The van der Waals surface area contributed by atoms with Crippen LogP contribution in [0.25, 0.3) is 0 Å². The first-order valence-corrected chi connectivity index (χ1v) is 5.92. The molecule has 19 heavy (non-hydrogen) atoms. The number of aliphatic imine (C=N–C) groups is 1. The first kappa shape index (κ1) is 14.6. The number of urea groups is 1. The van der Waals surface area contributed by atoms with Crippen LogP contribution in [0.15, 0.2) is 29.3 Å². The van der Waals surface area contributed by atoms with Crippen LogP contribution in [-0.2, 0) is 0 Å². The molecule has 7 nitrogen and oxygen atoms in total. The SMILES string of the molecule is CCNC(=O)N/C(N)=N/C(C)Oc1ccccc1N. The number of para-hydroxylation sites is 2. The highest BCUT2D eigenvalue weighted by Gasteiger charge is 2.06. The van der Waals surface area contributed by atoms with Crippen LogP contribution < -0.4 is 26.8 Å². The Labute approximate surface area is 112 Å². The van der Waals surface area contributed by atoms with E-state index in [1.165, 1.54) is 0 Å². The van der Waals surface area contributed by atoms with Gasteiger partial charge in [0.05, 0.1) is 5.69 Å². The third-order valence-corrected chi connectivity index (χ3v) is 2.12. The number of carbonyl (C=O) groups is 1. The van der Waals surface area contributed by atoms with Crippen molar-refractivity contribution in [1.29, 1.82) is 0 Å². The van der Waals surface area contributed by atoms with E-state index in [1.54, 1.807) is 38.1 Å². The number of ether oxygens (including phenoxy) is 1. The van der Waals surface area contributed by atoms with Crippen molar-refractivity contribution in [3.63, 3.8) is 0 Å². The highest BCUT2D eigenvalue weighted by atomic mass is 16.5. The molecule has 0 saturated heterocycles. The molecule has 0 fully saturated rings. The number of amides is 2. The molecule has 0 aliphatic heterocycles. The molecule has 1 atom stereocenters. The summed E-state index contributed by atoms with van der Waals surface area (Å²) in [6.45, 7) is 4.00. The molecule has 0 bridgehead atoms. The number of hydrogen-bond donors (Lipinski definition) is 4. The Morgan fingerprint density at radius 3 is 2.79 bits per heavy atom. The summed E-state index contributed by atoms with van der Waals surface area (Å²) < 4.78 is 5.49. The number of rotatable bonds is 4. The topological polar surface area (TPSA) is 115 Å². The van der Waals surface area contributed by atoms with Gasteiger partial charge in [-0.1, -0.05) is 12.1 Å². The maximum Gasteiger partial charge on any atom is 0.321 e. The van der Waals surface area contributed by atoms with E-state index in [-0.39, 0.29) is 5.96 Å². The summed E-state index contributed by atoms with van der Waals surface area (Å²) in [5.74, 6) is 0.498. The van der Waals surface area contributed by atoms with E-state index in [0.29, 0.717) is 18.0 Å². The number of anilines is 1. The summed E-state index contributed by atoms with van der Waals surface area (Å²) in [6.07, 6.45) is -0.563. The van der Waals surface area contributed by atoms with E-state index < -0.39 is 12.3 Å². The van der Waals surface area contributed by atoms with E-state index in [1.807, 2.05) is 0 Å². The number of nitrogen functional groups attached to an aromatic ring is 1. The third-order valence-electron chi connectivity index (χ3n) is 2.12. The molecule has 2 amide bonds. The molecule has 0 aromatic heterocycles. The van der Waals surface area contributed by atoms with Crippen LogP contribution in [0.2, 0.25) is 0 Å². The Balaban J connectivity index is 2.56. The Bertz CT molecular complexity index is 461. The fraction of sp³-hybridized carbons (Fsp3) is 0.333. The Morgan fingerprint density at radius 1 is 1.47 bits per heavy atom. The smallest absolute Gasteiger partial charge is 0.321 e. The molecule has 1 aromatic carbocycles. The highest BCUT2D eigenvalue weighted by molar-refractivity contribution is 5.95. The lowest BCUT2D eigenvalue weighted by atomic mass is 10.3. The molecular weight excluding hydrogens is 246 g/mol. The Kier molecular flexibility index (Phi) is 5.46. The van der Waals surface area contributed by atoms with E-state index in [9.17, 15) is 4.79 Å². The molecular formula is C12H19N5O2. The van der Waals surface area contributed by atoms with E-state index >= 15 is 0 Å². The van der Waals surface area contributed by atoms with Crippen LogP contribution in [0.3, 0.4) is 0 Å². The van der Waals surface area contributed by atoms with Crippen LogP contribution in [0.5, 0.6) is 5.75 Å². The normalized spacial score (nSPS) is 12.6. The van der Waals surface area contributed by atoms with E-state index in [4.69, 9.17) is 16.2 Å². The number of carbonyl (C=O) groups excluding carboxylic acids is 1. The van der Waals surface area contributed by atoms with Gasteiger partial charge in [-0.05, 0) is 26.0 Å². The molecule has 104 valence electrons. The molecule has 1 aromatic rings. The predicted octanol–water partition coefficient (Wildman–Crippen LogP) is 0.627. The number of nitrogens with two attached hydrogens (primary N) is 2. The van der Waals surface area contributed by atoms with Gasteiger partial charge in [-0.15, -0.1) is 0 Å². The lowest BCUT2D eigenvalue weighted by Gasteiger charge is -2.13. The van der Waals surface area contributed by atoms with Crippen molar-refractivity contribution in [2.75, 3.05) is 12.3 Å². The minimum absolute atomic E-state index is 0.0204. The van der Waals surface area contributed by atoms with Gasteiger partial charge in [0.1, 0.15) is 5.75 Å². The number of hydrogen-bond acceptors (Lipinski definition) is 4. The van der Waals surface area contributed by atoms with Crippen molar-refractivity contribution in [3.8, 4) is 5.75 Å². The molecule has 0 aliphatic carbocycles. The van der Waals surface area contributed by atoms with Crippen molar-refractivity contribution >= 4 is 17.7 Å². The molecule has 1 rings (SSSR count). The van der Waals surface area contributed by atoms with Gasteiger partial charge in [0, 0.05) is 6.54 Å². The molecule has 7 heteroatoms. The van der Waals surface area contributed by atoms with Gasteiger partial charge in [-0.25, -0.2) is 9.79 Å². The second kappa shape index (κ2) is 7.10. The standard InChI is InChI=1S/C12H19N5O2/c1-3-15-12(18)17-11(14)16-8(2)19-10-7-5-4-6-9(10)13/h4-8H,3,13H2,1-2H3,(H4,14,15,16,17,18). The van der Waals surface area contributed by atoms with Gasteiger partial charge in [0.15, 0.2) is 12.2 Å². The molecule has 0 spiro atoms. The average molecular weight is 265 g/mol.